The molecule has 1 aromatic carbocycles. The molecule has 1 aliphatic rings. The second-order valence-electron chi connectivity index (χ2n) is 6.21. The summed E-state index contributed by atoms with van der Waals surface area (Å²) in [5.41, 5.74) is 1.60. The van der Waals surface area contributed by atoms with Gasteiger partial charge in [0.05, 0.1) is 11.1 Å². The van der Waals surface area contributed by atoms with E-state index in [2.05, 4.69) is 10.6 Å². The number of esters is 1. The molecule has 0 aliphatic carbocycles. The van der Waals surface area contributed by atoms with Gasteiger partial charge in [-0.25, -0.2) is 4.79 Å². The maximum absolute atomic E-state index is 12.3. The van der Waals surface area contributed by atoms with Crippen molar-refractivity contribution in [3.8, 4) is 0 Å². The lowest BCUT2D eigenvalue weighted by molar-refractivity contribution is 0.0229. The maximum atomic E-state index is 12.3. The molecule has 2 heterocycles. The molecule has 26 heavy (non-hydrogen) atoms. The van der Waals surface area contributed by atoms with Gasteiger partial charge in [0.15, 0.2) is 0 Å². The van der Waals surface area contributed by atoms with Crippen LogP contribution < -0.4 is 10.6 Å². The molecule has 0 saturated carbocycles. The van der Waals surface area contributed by atoms with Crippen LogP contribution in [-0.2, 0) is 4.74 Å². The van der Waals surface area contributed by atoms with Gasteiger partial charge in [0.1, 0.15) is 17.6 Å². The Kier molecular flexibility index (Phi) is 6.83. The van der Waals surface area contributed by atoms with Gasteiger partial charge in [0, 0.05) is 5.69 Å². The number of hydrogen-bond acceptors (Lipinski definition) is 5. The first-order valence-corrected chi connectivity index (χ1v) is 8.43. The number of carbonyl (C=O) groups is 2. The van der Waals surface area contributed by atoms with Gasteiger partial charge < -0.3 is 19.8 Å². The van der Waals surface area contributed by atoms with Gasteiger partial charge in [0.2, 0.25) is 0 Å². The Morgan fingerprint density at radius 2 is 1.81 bits per heavy atom. The standard InChI is InChI=1S/C19H22N2O4.ClH/c1-12-11-17(13(2)24-12)18(22)21-15-5-3-14(4-6-15)19(23)25-16-7-9-20-10-8-16;/h3-6,11,16,20H,7-10H2,1-2H3,(H,21,22);1H. The lowest BCUT2D eigenvalue weighted by atomic mass is 10.1. The number of benzene rings is 1. The highest BCUT2D eigenvalue weighted by molar-refractivity contribution is 6.05. The Morgan fingerprint density at radius 3 is 2.38 bits per heavy atom. The Hall–Kier alpha value is -2.31. The van der Waals surface area contributed by atoms with E-state index in [1.807, 2.05) is 0 Å². The van der Waals surface area contributed by atoms with Crippen molar-refractivity contribution >= 4 is 30.0 Å². The number of hydrogen-bond donors (Lipinski definition) is 2. The van der Waals surface area contributed by atoms with Crippen molar-refractivity contribution in [3.05, 3.63) is 53.0 Å². The van der Waals surface area contributed by atoms with E-state index >= 15 is 0 Å². The van der Waals surface area contributed by atoms with E-state index in [9.17, 15) is 9.59 Å². The Balaban J connectivity index is 0.00000243. The Morgan fingerprint density at radius 1 is 1.15 bits per heavy atom. The summed E-state index contributed by atoms with van der Waals surface area (Å²) in [6.45, 7) is 5.29. The van der Waals surface area contributed by atoms with E-state index < -0.39 is 0 Å². The van der Waals surface area contributed by atoms with Crippen LogP contribution >= 0.6 is 12.4 Å². The average molecular weight is 379 g/mol. The van der Waals surface area contributed by atoms with Crippen LogP contribution in [0.5, 0.6) is 0 Å². The number of rotatable bonds is 4. The molecular formula is C19H23ClN2O4. The molecule has 1 saturated heterocycles. The third-order valence-electron chi connectivity index (χ3n) is 4.22. The summed E-state index contributed by atoms with van der Waals surface area (Å²) >= 11 is 0. The predicted molar refractivity (Wildman–Crippen MR) is 101 cm³/mol. The van der Waals surface area contributed by atoms with Gasteiger partial charge in [0.25, 0.3) is 5.91 Å². The molecule has 1 aromatic heterocycles. The number of piperidine rings is 1. The summed E-state index contributed by atoms with van der Waals surface area (Å²) in [5, 5.41) is 6.03. The largest absolute Gasteiger partial charge is 0.466 e. The fourth-order valence-corrected chi connectivity index (χ4v) is 2.88. The van der Waals surface area contributed by atoms with Crippen LogP contribution in [0.4, 0.5) is 5.69 Å². The topological polar surface area (TPSA) is 80.6 Å². The van der Waals surface area contributed by atoms with Crippen LogP contribution in [-0.4, -0.2) is 31.1 Å². The maximum Gasteiger partial charge on any atom is 0.338 e. The number of carbonyl (C=O) groups excluding carboxylic acids is 2. The summed E-state index contributed by atoms with van der Waals surface area (Å²) in [4.78, 5) is 24.4. The van der Waals surface area contributed by atoms with Crippen molar-refractivity contribution in [1.29, 1.82) is 0 Å². The smallest absolute Gasteiger partial charge is 0.338 e. The lowest BCUT2D eigenvalue weighted by Gasteiger charge is -2.22. The molecule has 1 aliphatic heterocycles. The number of aryl methyl sites for hydroxylation is 2. The predicted octanol–water partition coefficient (Wildman–Crippen LogP) is 3.48. The second kappa shape index (κ2) is 8.87. The van der Waals surface area contributed by atoms with Gasteiger partial charge in [-0.05, 0) is 70.1 Å². The molecule has 1 amide bonds. The Bertz CT molecular complexity index is 764. The van der Waals surface area contributed by atoms with Crippen LogP contribution in [0, 0.1) is 13.8 Å². The zero-order valence-corrected chi connectivity index (χ0v) is 15.7. The van der Waals surface area contributed by atoms with Crippen LogP contribution in [0.1, 0.15) is 45.1 Å². The van der Waals surface area contributed by atoms with E-state index in [-0.39, 0.29) is 30.4 Å². The highest BCUT2D eigenvalue weighted by atomic mass is 35.5. The van der Waals surface area contributed by atoms with E-state index in [1.54, 1.807) is 44.2 Å². The van der Waals surface area contributed by atoms with E-state index in [1.165, 1.54) is 0 Å². The van der Waals surface area contributed by atoms with Crippen molar-refractivity contribution in [2.45, 2.75) is 32.8 Å². The zero-order valence-electron chi connectivity index (χ0n) is 14.8. The fraction of sp³-hybridized carbons (Fsp3) is 0.368. The Labute approximate surface area is 158 Å². The summed E-state index contributed by atoms with van der Waals surface area (Å²) < 4.78 is 10.9. The van der Waals surface area contributed by atoms with Gasteiger partial charge in [-0.1, -0.05) is 0 Å². The van der Waals surface area contributed by atoms with Crippen LogP contribution in [0.3, 0.4) is 0 Å². The molecule has 6 nitrogen and oxygen atoms in total. The van der Waals surface area contributed by atoms with E-state index in [0.29, 0.717) is 28.3 Å². The van der Waals surface area contributed by atoms with Crippen molar-refractivity contribution in [1.82, 2.24) is 5.32 Å². The number of nitrogens with one attached hydrogen (secondary N) is 2. The van der Waals surface area contributed by atoms with Crippen molar-refractivity contribution in [2.24, 2.45) is 0 Å². The molecule has 0 spiro atoms. The quantitative estimate of drug-likeness (QED) is 0.796. The second-order valence-corrected chi connectivity index (χ2v) is 6.21. The first kappa shape index (κ1) is 20.0. The number of anilines is 1. The monoisotopic (exact) mass is 378 g/mol. The van der Waals surface area contributed by atoms with Gasteiger partial charge in [-0.3, -0.25) is 4.79 Å². The van der Waals surface area contributed by atoms with Crippen LogP contribution in [0.25, 0.3) is 0 Å². The average Bonchev–Trinajstić information content (AvgIpc) is 2.95. The van der Waals surface area contributed by atoms with Gasteiger partial charge in [-0.2, -0.15) is 0 Å². The third-order valence-corrected chi connectivity index (χ3v) is 4.22. The normalized spacial score (nSPS) is 14.4. The summed E-state index contributed by atoms with van der Waals surface area (Å²) in [6.07, 6.45) is 1.65. The number of furan rings is 1. The molecular weight excluding hydrogens is 356 g/mol. The first-order valence-electron chi connectivity index (χ1n) is 8.43. The SMILES string of the molecule is Cc1cc(C(=O)Nc2ccc(C(=O)OC3CCNCC3)cc2)c(C)o1.Cl. The minimum Gasteiger partial charge on any atom is -0.466 e. The van der Waals surface area contributed by atoms with Gasteiger partial charge >= 0.3 is 5.97 Å². The van der Waals surface area contributed by atoms with E-state index in [0.717, 1.165) is 25.9 Å². The molecule has 140 valence electrons. The highest BCUT2D eigenvalue weighted by Crippen LogP contribution is 2.18. The number of amides is 1. The summed E-state index contributed by atoms with van der Waals surface area (Å²) in [6, 6.07) is 8.41. The lowest BCUT2D eigenvalue weighted by Crippen LogP contribution is -2.33. The van der Waals surface area contributed by atoms with Crippen LogP contribution in [0.2, 0.25) is 0 Å². The first-order chi connectivity index (χ1) is 12.0. The van der Waals surface area contributed by atoms with Crippen molar-refractivity contribution < 1.29 is 18.7 Å². The highest BCUT2D eigenvalue weighted by Gasteiger charge is 2.19. The molecule has 2 N–H and O–H groups in total. The zero-order chi connectivity index (χ0) is 17.8. The number of halogens is 1. The molecule has 0 radical (unpaired) electrons. The fourth-order valence-electron chi connectivity index (χ4n) is 2.88. The summed E-state index contributed by atoms with van der Waals surface area (Å²) in [7, 11) is 0. The minimum absolute atomic E-state index is 0. The minimum atomic E-state index is -0.328. The van der Waals surface area contributed by atoms with Gasteiger partial charge in [-0.15, -0.1) is 12.4 Å². The molecule has 7 heteroatoms. The molecule has 0 unspecified atom stereocenters. The molecule has 0 atom stereocenters. The molecule has 0 bridgehead atoms. The number of ether oxygens (including phenoxy) is 1. The molecule has 1 fully saturated rings. The third kappa shape index (κ3) is 4.86. The van der Waals surface area contributed by atoms with Crippen molar-refractivity contribution in [3.63, 3.8) is 0 Å². The summed E-state index contributed by atoms with van der Waals surface area (Å²) in [5.74, 6) is 0.710. The van der Waals surface area contributed by atoms with Crippen molar-refractivity contribution in [2.75, 3.05) is 18.4 Å². The van der Waals surface area contributed by atoms with E-state index in [4.69, 9.17) is 9.15 Å². The molecule has 2 aromatic rings. The molecule has 3 rings (SSSR count). The van der Waals surface area contributed by atoms with Crippen LogP contribution in [0.15, 0.2) is 34.7 Å².